The van der Waals surface area contributed by atoms with Crippen LogP contribution in [0.25, 0.3) is 0 Å². The highest BCUT2D eigenvalue weighted by atomic mass is 19.1. The molecular weight excluding hydrogens is 231 g/mol. The van der Waals surface area contributed by atoms with Crippen LogP contribution < -0.4 is 0 Å². The average molecular weight is 252 g/mol. The van der Waals surface area contributed by atoms with Crippen LogP contribution in [0.15, 0.2) is 24.3 Å². The molecule has 1 aliphatic heterocycles. The zero-order valence-corrected chi connectivity index (χ0v) is 11.0. The third-order valence-electron chi connectivity index (χ3n) is 3.97. The summed E-state index contributed by atoms with van der Waals surface area (Å²) in [6.07, 6.45) is 1.52. The largest absolute Gasteiger partial charge is 0.392 e. The molecule has 0 radical (unpaired) electrons. The zero-order chi connectivity index (χ0) is 13.2. The maximum Gasteiger partial charge on any atom is 0.123 e. The molecule has 3 heteroatoms. The normalized spacial score (nSPS) is 22.8. The van der Waals surface area contributed by atoms with Gasteiger partial charge >= 0.3 is 0 Å². The van der Waals surface area contributed by atoms with Crippen LogP contribution in [0.1, 0.15) is 32.3 Å². The second-order valence-electron chi connectivity index (χ2n) is 5.65. The Balaban J connectivity index is 2.15. The van der Waals surface area contributed by atoms with Gasteiger partial charge in [0, 0.05) is 17.9 Å². The van der Waals surface area contributed by atoms with Gasteiger partial charge in [0.15, 0.2) is 0 Å². The van der Waals surface area contributed by atoms with Crippen LogP contribution in [-0.2, 0) is 10.2 Å². The van der Waals surface area contributed by atoms with Crippen LogP contribution in [0.2, 0.25) is 0 Å². The Morgan fingerprint density at radius 3 is 2.56 bits per heavy atom. The van der Waals surface area contributed by atoms with Gasteiger partial charge in [0.25, 0.3) is 0 Å². The summed E-state index contributed by atoms with van der Waals surface area (Å²) in [7, 11) is 0. The van der Waals surface area contributed by atoms with Crippen LogP contribution >= 0.6 is 0 Å². The molecular formula is C15H21FO2. The van der Waals surface area contributed by atoms with Crippen LogP contribution in [0.5, 0.6) is 0 Å². The summed E-state index contributed by atoms with van der Waals surface area (Å²) in [4.78, 5) is 0. The summed E-state index contributed by atoms with van der Waals surface area (Å²) >= 11 is 0. The molecule has 0 bridgehead atoms. The van der Waals surface area contributed by atoms with E-state index in [1.165, 1.54) is 12.1 Å². The highest BCUT2D eigenvalue weighted by Gasteiger charge is 2.36. The van der Waals surface area contributed by atoms with Gasteiger partial charge in [-0.2, -0.15) is 0 Å². The molecule has 0 saturated carbocycles. The number of hydrogen-bond donors (Lipinski definition) is 1. The predicted molar refractivity (Wildman–Crippen MR) is 69.0 cm³/mol. The maximum absolute atomic E-state index is 12.9. The Labute approximate surface area is 108 Å². The first-order chi connectivity index (χ1) is 8.51. The van der Waals surface area contributed by atoms with Gasteiger partial charge in [0.05, 0.1) is 12.7 Å². The molecule has 2 atom stereocenters. The summed E-state index contributed by atoms with van der Waals surface area (Å²) in [6.45, 7) is 5.41. The number of ether oxygens (including phenoxy) is 1. The Hall–Kier alpha value is -0.930. The SMILES string of the molecule is CC(C)(c1ccc(F)cc1)C(O)C1CCCOC1. The molecule has 1 aromatic carbocycles. The Kier molecular flexibility index (Phi) is 4.03. The zero-order valence-electron chi connectivity index (χ0n) is 11.0. The smallest absolute Gasteiger partial charge is 0.123 e. The summed E-state index contributed by atoms with van der Waals surface area (Å²) in [6, 6.07) is 6.40. The second kappa shape index (κ2) is 5.37. The third kappa shape index (κ3) is 2.73. The van der Waals surface area contributed by atoms with Gasteiger partial charge in [-0.1, -0.05) is 26.0 Å². The predicted octanol–water partition coefficient (Wildman–Crippen LogP) is 2.89. The monoisotopic (exact) mass is 252 g/mol. The molecule has 2 nitrogen and oxygen atoms in total. The first kappa shape index (κ1) is 13.5. The molecule has 2 unspecified atom stereocenters. The van der Waals surface area contributed by atoms with Crippen molar-refractivity contribution in [1.29, 1.82) is 0 Å². The van der Waals surface area contributed by atoms with E-state index in [0.29, 0.717) is 6.61 Å². The van der Waals surface area contributed by atoms with Crippen LogP contribution in [-0.4, -0.2) is 24.4 Å². The van der Waals surface area contributed by atoms with Gasteiger partial charge in [-0.25, -0.2) is 4.39 Å². The number of rotatable bonds is 3. The molecule has 18 heavy (non-hydrogen) atoms. The van der Waals surface area contributed by atoms with E-state index in [2.05, 4.69) is 0 Å². The number of halogens is 1. The molecule has 1 aromatic rings. The van der Waals surface area contributed by atoms with E-state index in [1.54, 1.807) is 12.1 Å². The minimum atomic E-state index is -0.469. The lowest BCUT2D eigenvalue weighted by atomic mass is 9.73. The molecule has 1 N–H and O–H groups in total. The lowest BCUT2D eigenvalue weighted by Crippen LogP contribution is -2.42. The number of aliphatic hydroxyl groups is 1. The van der Waals surface area contributed by atoms with Gasteiger partial charge in [-0.3, -0.25) is 0 Å². The molecule has 1 heterocycles. The van der Waals surface area contributed by atoms with Crippen molar-refractivity contribution in [2.24, 2.45) is 5.92 Å². The van der Waals surface area contributed by atoms with Crippen molar-refractivity contribution in [2.75, 3.05) is 13.2 Å². The lowest BCUT2D eigenvalue weighted by molar-refractivity contribution is -0.0365. The number of benzene rings is 1. The van der Waals surface area contributed by atoms with Crippen LogP contribution in [0.4, 0.5) is 4.39 Å². The summed E-state index contributed by atoms with van der Waals surface area (Å²) in [5.41, 5.74) is 0.570. The van der Waals surface area contributed by atoms with Gasteiger partial charge in [0.1, 0.15) is 5.82 Å². The molecule has 1 fully saturated rings. The minimum Gasteiger partial charge on any atom is -0.392 e. The molecule has 100 valence electrons. The Morgan fingerprint density at radius 1 is 1.33 bits per heavy atom. The standard InChI is InChI=1S/C15H21FO2/c1-15(2,12-5-7-13(16)8-6-12)14(17)11-4-3-9-18-10-11/h5-8,11,14,17H,3-4,9-10H2,1-2H3. The lowest BCUT2D eigenvalue weighted by Gasteiger charge is -2.38. The van der Waals surface area contributed by atoms with Gasteiger partial charge in [-0.05, 0) is 30.5 Å². The van der Waals surface area contributed by atoms with Crippen LogP contribution in [0, 0.1) is 11.7 Å². The van der Waals surface area contributed by atoms with Crippen molar-refractivity contribution >= 4 is 0 Å². The highest BCUT2D eigenvalue weighted by Crippen LogP contribution is 2.34. The van der Waals surface area contributed by atoms with Gasteiger partial charge in [-0.15, -0.1) is 0 Å². The number of hydrogen-bond acceptors (Lipinski definition) is 2. The van der Waals surface area contributed by atoms with Crippen molar-refractivity contribution in [3.05, 3.63) is 35.6 Å². The fourth-order valence-corrected chi connectivity index (χ4v) is 2.65. The molecule has 0 spiro atoms. The molecule has 0 amide bonds. The molecule has 0 aromatic heterocycles. The van der Waals surface area contributed by atoms with E-state index in [4.69, 9.17) is 4.74 Å². The summed E-state index contributed by atoms with van der Waals surface area (Å²) < 4.78 is 18.4. The topological polar surface area (TPSA) is 29.5 Å². The van der Waals surface area contributed by atoms with Crippen molar-refractivity contribution in [1.82, 2.24) is 0 Å². The molecule has 0 aliphatic carbocycles. The quantitative estimate of drug-likeness (QED) is 0.896. The average Bonchev–Trinajstić information content (AvgIpc) is 2.39. The van der Waals surface area contributed by atoms with E-state index < -0.39 is 6.10 Å². The van der Waals surface area contributed by atoms with Gasteiger partial charge < -0.3 is 9.84 Å². The van der Waals surface area contributed by atoms with Crippen molar-refractivity contribution in [3.8, 4) is 0 Å². The third-order valence-corrected chi connectivity index (χ3v) is 3.97. The van der Waals surface area contributed by atoms with E-state index >= 15 is 0 Å². The molecule has 1 aliphatic rings. The Bertz CT molecular complexity index is 380. The van der Waals surface area contributed by atoms with E-state index in [9.17, 15) is 9.50 Å². The second-order valence-corrected chi connectivity index (χ2v) is 5.65. The first-order valence-electron chi connectivity index (χ1n) is 6.53. The fourth-order valence-electron chi connectivity index (χ4n) is 2.65. The fraction of sp³-hybridized carbons (Fsp3) is 0.600. The van der Waals surface area contributed by atoms with Crippen molar-refractivity contribution in [2.45, 2.75) is 38.2 Å². The first-order valence-corrected chi connectivity index (χ1v) is 6.53. The summed E-state index contributed by atoms with van der Waals surface area (Å²) in [5.74, 6) is -0.0798. The number of aliphatic hydroxyl groups excluding tert-OH is 1. The summed E-state index contributed by atoms with van der Waals surface area (Å²) in [5, 5.41) is 10.6. The molecule has 1 saturated heterocycles. The van der Waals surface area contributed by atoms with E-state index in [-0.39, 0.29) is 17.2 Å². The van der Waals surface area contributed by atoms with E-state index in [0.717, 1.165) is 25.0 Å². The Morgan fingerprint density at radius 2 is 2.00 bits per heavy atom. The van der Waals surface area contributed by atoms with Crippen LogP contribution in [0.3, 0.4) is 0 Å². The van der Waals surface area contributed by atoms with E-state index in [1.807, 2.05) is 13.8 Å². The highest BCUT2D eigenvalue weighted by molar-refractivity contribution is 5.26. The van der Waals surface area contributed by atoms with Gasteiger partial charge in [0.2, 0.25) is 0 Å². The van der Waals surface area contributed by atoms with Crippen molar-refractivity contribution in [3.63, 3.8) is 0 Å². The molecule has 2 rings (SSSR count). The van der Waals surface area contributed by atoms with Crippen molar-refractivity contribution < 1.29 is 14.2 Å². The maximum atomic E-state index is 12.9. The minimum absolute atomic E-state index is 0.166.